The Morgan fingerprint density at radius 2 is 1.90 bits per heavy atom. The van der Waals surface area contributed by atoms with E-state index in [1.165, 1.54) is 0 Å². The van der Waals surface area contributed by atoms with Crippen molar-refractivity contribution in [3.05, 3.63) is 52.4 Å². The van der Waals surface area contributed by atoms with Crippen LogP contribution in [0.5, 0.6) is 5.75 Å². The minimum atomic E-state index is -0.436. The van der Waals surface area contributed by atoms with Crippen LogP contribution in [0.1, 0.15) is 70.8 Å². The van der Waals surface area contributed by atoms with Crippen LogP contribution in [0.2, 0.25) is 0 Å². The summed E-state index contributed by atoms with van der Waals surface area (Å²) in [5.41, 5.74) is 3.72. The molecule has 0 unspecified atom stereocenters. The summed E-state index contributed by atoms with van der Waals surface area (Å²) in [6.45, 7) is 6.13. The second-order valence-electron chi connectivity index (χ2n) is 9.52. The van der Waals surface area contributed by atoms with Gasteiger partial charge >= 0.3 is 5.97 Å². The molecule has 0 bridgehead atoms. The first-order chi connectivity index (χ1) is 14.3. The zero-order chi connectivity index (χ0) is 21.5. The topological polar surface area (TPSA) is 64.6 Å². The monoisotopic (exact) mass is 409 g/mol. The molecule has 1 fully saturated rings. The molecule has 4 rings (SSSR count). The van der Waals surface area contributed by atoms with E-state index in [0.29, 0.717) is 23.3 Å². The van der Waals surface area contributed by atoms with E-state index in [-0.39, 0.29) is 23.3 Å². The SMILES string of the molecule is COc1cccc([C@H]2C(C(=O)OC3CCCC3)=C(C)NC3=C2C(=O)CC(C)(C)C3)c1. The van der Waals surface area contributed by atoms with E-state index in [9.17, 15) is 9.59 Å². The normalized spacial score (nSPS) is 23.9. The van der Waals surface area contributed by atoms with Gasteiger partial charge in [0, 0.05) is 29.3 Å². The third-order valence-corrected chi connectivity index (χ3v) is 6.46. The van der Waals surface area contributed by atoms with Crippen LogP contribution in [0, 0.1) is 5.41 Å². The number of ether oxygens (including phenoxy) is 2. The molecule has 1 saturated carbocycles. The average Bonchev–Trinajstić information content (AvgIpc) is 3.18. The Bertz CT molecular complexity index is 934. The van der Waals surface area contributed by atoms with E-state index in [4.69, 9.17) is 9.47 Å². The van der Waals surface area contributed by atoms with Crippen LogP contribution in [0.3, 0.4) is 0 Å². The molecule has 1 N–H and O–H groups in total. The maximum atomic E-state index is 13.3. The van der Waals surface area contributed by atoms with Crippen molar-refractivity contribution in [2.45, 2.75) is 71.3 Å². The summed E-state index contributed by atoms with van der Waals surface area (Å²) in [6.07, 6.45) is 5.23. The van der Waals surface area contributed by atoms with Gasteiger partial charge in [-0.25, -0.2) is 4.79 Å². The standard InChI is InChI=1S/C25H31NO4/c1-15-21(24(28)30-17-9-5-6-10-17)22(16-8-7-11-18(12-16)29-4)23-19(26-15)13-25(2,3)14-20(23)27/h7-8,11-12,17,22,26H,5-6,9-10,13-14H2,1-4H3/t22-/m0/s1. The summed E-state index contributed by atoms with van der Waals surface area (Å²) in [7, 11) is 1.62. The zero-order valence-electron chi connectivity index (χ0n) is 18.3. The Morgan fingerprint density at radius 1 is 1.17 bits per heavy atom. The van der Waals surface area contributed by atoms with Crippen molar-refractivity contribution in [2.24, 2.45) is 5.41 Å². The van der Waals surface area contributed by atoms with Gasteiger partial charge in [0.1, 0.15) is 11.9 Å². The molecule has 1 aromatic carbocycles. The maximum Gasteiger partial charge on any atom is 0.337 e. The number of esters is 1. The van der Waals surface area contributed by atoms with Crippen molar-refractivity contribution in [3.63, 3.8) is 0 Å². The highest BCUT2D eigenvalue weighted by Gasteiger charge is 2.43. The van der Waals surface area contributed by atoms with Crippen LogP contribution < -0.4 is 10.1 Å². The number of hydrogen-bond donors (Lipinski definition) is 1. The molecule has 0 radical (unpaired) electrons. The van der Waals surface area contributed by atoms with Crippen molar-refractivity contribution >= 4 is 11.8 Å². The zero-order valence-corrected chi connectivity index (χ0v) is 18.3. The van der Waals surface area contributed by atoms with Crippen LogP contribution in [0.15, 0.2) is 46.8 Å². The number of ketones is 1. The highest BCUT2D eigenvalue weighted by molar-refractivity contribution is 6.04. The van der Waals surface area contributed by atoms with Crippen LogP contribution in [-0.4, -0.2) is 25.0 Å². The first-order valence-electron chi connectivity index (χ1n) is 10.9. The van der Waals surface area contributed by atoms with Crippen molar-refractivity contribution in [2.75, 3.05) is 7.11 Å². The number of nitrogens with one attached hydrogen (secondary N) is 1. The lowest BCUT2D eigenvalue weighted by Crippen LogP contribution is -2.39. The molecule has 1 aromatic rings. The van der Waals surface area contributed by atoms with E-state index >= 15 is 0 Å². The van der Waals surface area contributed by atoms with E-state index in [0.717, 1.165) is 49.1 Å². The molecular formula is C25H31NO4. The van der Waals surface area contributed by atoms with Gasteiger partial charge in [-0.3, -0.25) is 4.79 Å². The van der Waals surface area contributed by atoms with Crippen LogP contribution in [-0.2, 0) is 14.3 Å². The molecule has 30 heavy (non-hydrogen) atoms. The minimum Gasteiger partial charge on any atom is -0.497 e. The smallest absolute Gasteiger partial charge is 0.337 e. The Balaban J connectivity index is 1.79. The molecule has 160 valence electrons. The second kappa shape index (κ2) is 7.93. The van der Waals surface area contributed by atoms with E-state index < -0.39 is 5.92 Å². The molecule has 3 aliphatic rings. The number of allylic oxidation sites excluding steroid dienone is 3. The van der Waals surface area contributed by atoms with Gasteiger partial charge in [-0.2, -0.15) is 0 Å². The molecule has 0 amide bonds. The van der Waals surface area contributed by atoms with Gasteiger partial charge in [0.2, 0.25) is 0 Å². The third kappa shape index (κ3) is 3.90. The first-order valence-corrected chi connectivity index (χ1v) is 10.9. The summed E-state index contributed by atoms with van der Waals surface area (Å²) in [5, 5.41) is 3.39. The average molecular weight is 410 g/mol. The lowest BCUT2D eigenvalue weighted by atomic mass is 9.68. The number of hydrogen-bond acceptors (Lipinski definition) is 5. The number of benzene rings is 1. The highest BCUT2D eigenvalue weighted by Crippen LogP contribution is 2.47. The first kappa shape index (κ1) is 20.7. The van der Waals surface area contributed by atoms with Gasteiger partial charge in [0.05, 0.1) is 12.7 Å². The molecule has 5 nitrogen and oxygen atoms in total. The number of carbonyl (C=O) groups is 2. The highest BCUT2D eigenvalue weighted by atomic mass is 16.5. The predicted octanol–water partition coefficient (Wildman–Crippen LogP) is 4.79. The van der Waals surface area contributed by atoms with E-state index in [1.54, 1.807) is 7.11 Å². The Labute approximate surface area is 178 Å². The molecule has 5 heteroatoms. The molecular weight excluding hydrogens is 378 g/mol. The van der Waals surface area contributed by atoms with Crippen LogP contribution >= 0.6 is 0 Å². The Kier molecular flexibility index (Phi) is 5.48. The molecule has 1 heterocycles. The van der Waals surface area contributed by atoms with Gasteiger partial charge in [0.15, 0.2) is 5.78 Å². The fourth-order valence-corrected chi connectivity index (χ4v) is 5.08. The van der Waals surface area contributed by atoms with E-state index in [2.05, 4.69) is 19.2 Å². The summed E-state index contributed by atoms with van der Waals surface area (Å²) >= 11 is 0. The number of dihydropyridines is 1. The van der Waals surface area contributed by atoms with Gasteiger partial charge in [0.25, 0.3) is 0 Å². The third-order valence-electron chi connectivity index (χ3n) is 6.46. The predicted molar refractivity (Wildman–Crippen MR) is 115 cm³/mol. The molecule has 2 aliphatic carbocycles. The van der Waals surface area contributed by atoms with Crippen molar-refractivity contribution < 1.29 is 19.1 Å². The second-order valence-corrected chi connectivity index (χ2v) is 9.52. The van der Waals surface area contributed by atoms with Crippen molar-refractivity contribution in [1.29, 1.82) is 0 Å². The minimum absolute atomic E-state index is 0.0277. The van der Waals surface area contributed by atoms with Crippen LogP contribution in [0.4, 0.5) is 0 Å². The summed E-state index contributed by atoms with van der Waals surface area (Å²) in [6, 6.07) is 7.66. The summed E-state index contributed by atoms with van der Waals surface area (Å²) in [5.74, 6) is 0.0518. The Morgan fingerprint density at radius 3 is 2.60 bits per heavy atom. The van der Waals surface area contributed by atoms with Gasteiger partial charge < -0.3 is 14.8 Å². The molecule has 1 aliphatic heterocycles. The summed E-state index contributed by atoms with van der Waals surface area (Å²) in [4.78, 5) is 26.6. The largest absolute Gasteiger partial charge is 0.497 e. The summed E-state index contributed by atoms with van der Waals surface area (Å²) < 4.78 is 11.3. The fraction of sp³-hybridized carbons (Fsp3) is 0.520. The Hall–Kier alpha value is -2.56. The number of rotatable bonds is 4. The molecule has 1 atom stereocenters. The lowest BCUT2D eigenvalue weighted by Gasteiger charge is -2.39. The maximum absolute atomic E-state index is 13.3. The van der Waals surface area contributed by atoms with E-state index in [1.807, 2.05) is 31.2 Å². The number of methoxy groups -OCH3 is 1. The number of Topliss-reactive ketones (excluding diaryl/α,β-unsaturated/α-hetero) is 1. The van der Waals surface area contributed by atoms with Gasteiger partial charge in [-0.05, 0) is 62.1 Å². The molecule has 0 saturated heterocycles. The molecule has 0 aromatic heterocycles. The molecule has 0 spiro atoms. The number of carbonyl (C=O) groups excluding carboxylic acids is 2. The van der Waals surface area contributed by atoms with Crippen molar-refractivity contribution in [1.82, 2.24) is 5.32 Å². The fourth-order valence-electron chi connectivity index (χ4n) is 5.08. The van der Waals surface area contributed by atoms with Gasteiger partial charge in [-0.15, -0.1) is 0 Å². The van der Waals surface area contributed by atoms with Gasteiger partial charge in [-0.1, -0.05) is 26.0 Å². The van der Waals surface area contributed by atoms with Crippen LogP contribution in [0.25, 0.3) is 0 Å². The van der Waals surface area contributed by atoms with Crippen molar-refractivity contribution in [3.8, 4) is 5.75 Å². The lowest BCUT2D eigenvalue weighted by molar-refractivity contribution is -0.144. The quantitative estimate of drug-likeness (QED) is 0.725.